The molecule has 204 valence electrons. The van der Waals surface area contributed by atoms with Crippen LogP contribution in [0.5, 0.6) is 0 Å². The molecule has 2 aromatic rings. The van der Waals surface area contributed by atoms with Crippen LogP contribution in [0.1, 0.15) is 38.1 Å². The van der Waals surface area contributed by atoms with Gasteiger partial charge in [0.05, 0.1) is 29.9 Å². The van der Waals surface area contributed by atoms with Crippen LogP contribution in [-0.2, 0) is 26.3 Å². The topological polar surface area (TPSA) is 121 Å². The number of fused-ring (bicyclic) bond motifs is 1. The molecule has 0 bridgehead atoms. The van der Waals surface area contributed by atoms with Crippen LogP contribution >= 0.6 is 0 Å². The third-order valence-electron chi connectivity index (χ3n) is 7.25. The number of hydrogen-bond acceptors (Lipinski definition) is 8. The third kappa shape index (κ3) is 4.59. The van der Waals surface area contributed by atoms with Gasteiger partial charge < -0.3 is 25.0 Å². The summed E-state index contributed by atoms with van der Waals surface area (Å²) < 4.78 is 50.7. The maximum Gasteiger partial charge on any atom is 0.408 e. The van der Waals surface area contributed by atoms with Crippen molar-refractivity contribution >= 4 is 34.9 Å². The Bertz CT molecular complexity index is 1230. The fourth-order valence-electron chi connectivity index (χ4n) is 5.26. The quantitative estimate of drug-likeness (QED) is 0.454. The van der Waals surface area contributed by atoms with Crippen molar-refractivity contribution in [1.29, 1.82) is 5.41 Å². The van der Waals surface area contributed by atoms with Gasteiger partial charge >= 0.3 is 6.18 Å². The van der Waals surface area contributed by atoms with Gasteiger partial charge in [-0.3, -0.25) is 15.1 Å². The molecule has 13 heteroatoms. The summed E-state index contributed by atoms with van der Waals surface area (Å²) in [6.07, 6.45) is -4.23. The molecule has 0 spiro atoms. The number of carbonyl (C=O) groups excluding carboxylic acids is 1. The number of benzene rings is 1. The molecule has 1 amide bonds. The van der Waals surface area contributed by atoms with Gasteiger partial charge in [0.15, 0.2) is 12.4 Å². The Morgan fingerprint density at radius 3 is 2.47 bits per heavy atom. The second-order valence-electron chi connectivity index (χ2n) is 10.1. The summed E-state index contributed by atoms with van der Waals surface area (Å²) in [5.41, 5.74) is 7.34. The molecule has 38 heavy (non-hydrogen) atoms. The Hall–Kier alpha value is -3.61. The minimum atomic E-state index is -4.45. The van der Waals surface area contributed by atoms with Crippen molar-refractivity contribution < 1.29 is 27.4 Å². The molecule has 2 saturated heterocycles. The number of nitrogens with one attached hydrogen (secondary N) is 1. The van der Waals surface area contributed by atoms with Gasteiger partial charge in [-0.15, -0.1) is 0 Å². The van der Waals surface area contributed by atoms with Crippen molar-refractivity contribution in [3.8, 4) is 0 Å². The fraction of sp³-hybridized carbons (Fsp3) is 0.520. The number of hydrogen-bond donors (Lipinski definition) is 2. The van der Waals surface area contributed by atoms with E-state index in [1.54, 1.807) is 13.8 Å². The number of nitrogens with two attached hydrogens (primary N) is 1. The maximum atomic E-state index is 13.5. The van der Waals surface area contributed by atoms with Gasteiger partial charge in [-0.1, -0.05) is 0 Å². The van der Waals surface area contributed by atoms with Crippen molar-refractivity contribution in [1.82, 2.24) is 14.9 Å². The van der Waals surface area contributed by atoms with E-state index >= 15 is 0 Å². The fourth-order valence-corrected chi connectivity index (χ4v) is 5.26. The summed E-state index contributed by atoms with van der Waals surface area (Å²) in [5.74, 6) is 0.212. The van der Waals surface area contributed by atoms with Gasteiger partial charge in [-0.2, -0.15) is 13.2 Å². The molecule has 1 unspecified atom stereocenters. The largest absolute Gasteiger partial charge is 0.457 e. The van der Waals surface area contributed by atoms with Gasteiger partial charge in [0, 0.05) is 25.3 Å². The highest BCUT2D eigenvalue weighted by molar-refractivity contribution is 6.12. The van der Waals surface area contributed by atoms with Crippen LogP contribution in [0.4, 0.5) is 36.2 Å². The summed E-state index contributed by atoms with van der Waals surface area (Å²) in [5, 5.41) is 8.07. The lowest BCUT2D eigenvalue weighted by Crippen LogP contribution is -2.45. The first kappa shape index (κ1) is 26.0. The average Bonchev–Trinajstić information content (AvgIpc) is 3.45. The lowest BCUT2D eigenvalue weighted by atomic mass is 9.87. The molecule has 10 nitrogen and oxygen atoms in total. The van der Waals surface area contributed by atoms with Crippen LogP contribution in [0, 0.1) is 5.41 Å². The molecule has 0 saturated carbocycles. The number of halogens is 3. The number of morpholine rings is 1. The van der Waals surface area contributed by atoms with Gasteiger partial charge in [0.25, 0.3) is 6.02 Å². The zero-order valence-corrected chi connectivity index (χ0v) is 21.2. The van der Waals surface area contributed by atoms with E-state index in [0.717, 1.165) is 23.7 Å². The van der Waals surface area contributed by atoms with E-state index in [9.17, 15) is 18.0 Å². The molecule has 0 aliphatic carbocycles. The highest BCUT2D eigenvalue weighted by atomic mass is 19.4. The first-order valence-corrected chi connectivity index (χ1v) is 12.5. The van der Waals surface area contributed by atoms with Gasteiger partial charge in [0.1, 0.15) is 17.7 Å². The predicted molar refractivity (Wildman–Crippen MR) is 134 cm³/mol. The maximum absolute atomic E-state index is 13.5. The van der Waals surface area contributed by atoms with E-state index in [1.165, 1.54) is 4.90 Å². The first-order chi connectivity index (χ1) is 18.0. The average molecular weight is 534 g/mol. The van der Waals surface area contributed by atoms with E-state index in [1.807, 2.05) is 24.3 Å². The van der Waals surface area contributed by atoms with Crippen LogP contribution in [0.3, 0.4) is 0 Å². The standard InChI is InChI=1S/C25H30F3N7O3/c1-24(2)19-20(29)31-18(14-38-23(30)34-9-3-4-17(34)25(26,27)28)32-21(19)35(22(24)36)16-7-5-15(6-8-16)33-10-12-37-13-11-33/h5-8,17,30H,3-4,9-14H2,1-2H3,(H2,29,31,32). The summed E-state index contributed by atoms with van der Waals surface area (Å²) in [4.78, 5) is 26.8. The zero-order chi connectivity index (χ0) is 27.2. The van der Waals surface area contributed by atoms with E-state index in [2.05, 4.69) is 14.9 Å². The van der Waals surface area contributed by atoms with Crippen LogP contribution in [0.25, 0.3) is 0 Å². The Morgan fingerprint density at radius 2 is 1.82 bits per heavy atom. The smallest absolute Gasteiger partial charge is 0.408 e. The molecular weight excluding hydrogens is 503 g/mol. The van der Waals surface area contributed by atoms with E-state index in [0.29, 0.717) is 36.7 Å². The van der Waals surface area contributed by atoms with Crippen molar-refractivity contribution in [2.24, 2.45) is 0 Å². The van der Waals surface area contributed by atoms with Crippen LogP contribution in [-0.4, -0.2) is 71.9 Å². The Kier molecular flexibility index (Phi) is 6.58. The number of alkyl halides is 3. The lowest BCUT2D eigenvalue weighted by Gasteiger charge is -2.29. The molecule has 1 aromatic heterocycles. The van der Waals surface area contributed by atoms with Crippen molar-refractivity contribution in [3.05, 3.63) is 35.7 Å². The molecular formula is C25H30F3N7O3. The van der Waals surface area contributed by atoms with Crippen molar-refractivity contribution in [2.45, 2.75) is 50.9 Å². The molecule has 0 radical (unpaired) electrons. The summed E-state index contributed by atoms with van der Waals surface area (Å²) >= 11 is 0. The minimum Gasteiger partial charge on any atom is -0.457 e. The SMILES string of the molecule is CC1(C)C(=O)N(c2ccc(N3CCOCC3)cc2)c2nc(COC(=N)N3CCCC3C(F)(F)F)nc(N)c21. The summed E-state index contributed by atoms with van der Waals surface area (Å²) in [7, 11) is 0. The number of nitrogen functional groups attached to an aromatic ring is 1. The van der Waals surface area contributed by atoms with Crippen molar-refractivity contribution in [3.63, 3.8) is 0 Å². The normalized spacial score (nSPS) is 21.1. The number of aromatic nitrogens is 2. The van der Waals surface area contributed by atoms with E-state index in [4.69, 9.17) is 20.6 Å². The van der Waals surface area contributed by atoms with Gasteiger partial charge in [-0.05, 0) is 51.0 Å². The third-order valence-corrected chi connectivity index (χ3v) is 7.25. The molecule has 5 rings (SSSR count). The number of amides is 1. The zero-order valence-electron chi connectivity index (χ0n) is 21.2. The monoisotopic (exact) mass is 533 g/mol. The number of likely N-dealkylation sites (tertiary alicyclic amines) is 1. The molecule has 3 aliphatic rings. The number of amidine groups is 1. The number of rotatable bonds is 4. The first-order valence-electron chi connectivity index (χ1n) is 12.5. The molecule has 1 aromatic carbocycles. The highest BCUT2D eigenvalue weighted by Gasteiger charge is 2.49. The molecule has 1 atom stereocenters. The Labute approximate surface area is 218 Å². The van der Waals surface area contributed by atoms with Crippen molar-refractivity contribution in [2.75, 3.05) is 48.4 Å². The Morgan fingerprint density at radius 1 is 1.16 bits per heavy atom. The van der Waals surface area contributed by atoms with Crippen LogP contribution < -0.4 is 15.5 Å². The summed E-state index contributed by atoms with van der Waals surface area (Å²) in [6.45, 7) is 6.06. The second kappa shape index (κ2) is 9.61. The number of carbonyl (C=O) groups is 1. The van der Waals surface area contributed by atoms with Gasteiger partial charge in [-0.25, -0.2) is 9.97 Å². The number of nitrogens with zero attached hydrogens (tertiary/aromatic N) is 5. The predicted octanol–water partition coefficient (Wildman–Crippen LogP) is 3.33. The number of anilines is 4. The van der Waals surface area contributed by atoms with Crippen LogP contribution in [0.15, 0.2) is 24.3 Å². The minimum absolute atomic E-state index is 0.0641. The molecule has 3 N–H and O–H groups in total. The summed E-state index contributed by atoms with van der Waals surface area (Å²) in [6, 6.07) is 5.18. The van der Waals surface area contributed by atoms with Crippen LogP contribution in [0.2, 0.25) is 0 Å². The number of ether oxygens (including phenoxy) is 2. The Balaban J connectivity index is 1.39. The highest BCUT2D eigenvalue weighted by Crippen LogP contribution is 2.46. The van der Waals surface area contributed by atoms with E-state index in [-0.39, 0.29) is 37.1 Å². The molecule has 3 aliphatic heterocycles. The second-order valence-corrected chi connectivity index (χ2v) is 10.1. The molecule has 2 fully saturated rings. The van der Waals surface area contributed by atoms with Gasteiger partial charge in [0.2, 0.25) is 5.91 Å². The lowest BCUT2D eigenvalue weighted by molar-refractivity contribution is -0.169. The molecule has 4 heterocycles. The van der Waals surface area contributed by atoms with E-state index < -0.39 is 23.7 Å².